The fourth-order valence-corrected chi connectivity index (χ4v) is 5.48. The summed E-state index contributed by atoms with van der Waals surface area (Å²) in [6.07, 6.45) is 0. The minimum atomic E-state index is -1.38. The Labute approximate surface area is 210 Å². The maximum Gasteiger partial charge on any atom is 0.276 e. The van der Waals surface area contributed by atoms with Crippen molar-refractivity contribution in [2.24, 2.45) is 0 Å². The molecule has 36 heavy (non-hydrogen) atoms. The third-order valence-corrected chi connectivity index (χ3v) is 7.22. The molecule has 2 unspecified atom stereocenters. The first-order chi connectivity index (χ1) is 17.5. The number of benzene rings is 4. The highest BCUT2D eigenvalue weighted by Gasteiger charge is 2.63. The summed E-state index contributed by atoms with van der Waals surface area (Å²) in [6.45, 7) is 2.02. The fraction of sp³-hybridized carbons (Fsp3) is 0.125. The van der Waals surface area contributed by atoms with E-state index >= 15 is 0 Å². The minimum Gasteiger partial charge on any atom is -0.470 e. The number of aryl methyl sites for hydroxylation is 1. The van der Waals surface area contributed by atoms with Crippen molar-refractivity contribution < 1.29 is 14.3 Å². The van der Waals surface area contributed by atoms with Crippen molar-refractivity contribution in [2.75, 3.05) is 11.9 Å². The predicted octanol–water partition coefficient (Wildman–Crippen LogP) is 6.27. The molecule has 0 aromatic heterocycles. The molecule has 0 bridgehead atoms. The van der Waals surface area contributed by atoms with Crippen molar-refractivity contribution in [2.45, 2.75) is 18.4 Å². The Hall–Kier alpha value is -4.44. The second-order valence-corrected chi connectivity index (χ2v) is 9.37. The molecule has 176 valence electrons. The molecule has 0 saturated heterocycles. The van der Waals surface area contributed by atoms with Gasteiger partial charge in [-0.2, -0.15) is 0 Å². The molecule has 0 saturated carbocycles. The van der Waals surface area contributed by atoms with Gasteiger partial charge in [0.2, 0.25) is 5.60 Å². The van der Waals surface area contributed by atoms with E-state index in [1.54, 1.807) is 11.9 Å². The molecule has 4 heteroatoms. The number of ketones is 1. The van der Waals surface area contributed by atoms with Crippen LogP contribution in [-0.4, -0.2) is 18.7 Å². The van der Waals surface area contributed by atoms with Crippen LogP contribution in [0.2, 0.25) is 0 Å². The highest BCUT2D eigenvalue weighted by Crippen LogP contribution is 2.60. The zero-order valence-corrected chi connectivity index (χ0v) is 20.1. The van der Waals surface area contributed by atoms with Crippen molar-refractivity contribution in [1.29, 1.82) is 0 Å². The van der Waals surface area contributed by atoms with Gasteiger partial charge in [-0.05, 0) is 18.6 Å². The largest absolute Gasteiger partial charge is 0.470 e. The van der Waals surface area contributed by atoms with Crippen LogP contribution >= 0.6 is 0 Å². The maximum atomic E-state index is 14.3. The third-order valence-electron chi connectivity index (χ3n) is 7.22. The summed E-state index contributed by atoms with van der Waals surface area (Å²) in [5.74, 6) is -0.497. The SMILES string of the molecule is Cc1ccc(C2C(C(=O)c3ccccc3)=C(c3ccccc3)OC23C(=O)N(C)c2ccccc23)cc1. The first-order valence-corrected chi connectivity index (χ1v) is 12.0. The van der Waals surface area contributed by atoms with Crippen molar-refractivity contribution >= 4 is 23.1 Å². The van der Waals surface area contributed by atoms with Gasteiger partial charge in [0.25, 0.3) is 5.91 Å². The Morgan fingerprint density at radius 3 is 2.11 bits per heavy atom. The molecule has 2 heterocycles. The Balaban J connectivity index is 1.68. The summed E-state index contributed by atoms with van der Waals surface area (Å²) in [5.41, 5.74) is 3.97. The van der Waals surface area contributed by atoms with Gasteiger partial charge in [0.1, 0.15) is 5.76 Å². The number of ether oxygens (including phenoxy) is 1. The van der Waals surface area contributed by atoms with Crippen LogP contribution in [0.25, 0.3) is 5.76 Å². The van der Waals surface area contributed by atoms with E-state index in [9.17, 15) is 9.59 Å². The van der Waals surface area contributed by atoms with E-state index in [2.05, 4.69) is 0 Å². The highest BCUT2D eigenvalue weighted by molar-refractivity contribution is 6.18. The molecule has 2 atom stereocenters. The fourth-order valence-electron chi connectivity index (χ4n) is 5.48. The molecule has 4 nitrogen and oxygen atoms in total. The molecule has 4 aromatic rings. The van der Waals surface area contributed by atoms with Gasteiger partial charge in [-0.1, -0.05) is 109 Å². The number of amides is 1. The molecule has 6 rings (SSSR count). The second kappa shape index (κ2) is 8.35. The molecular weight excluding hydrogens is 446 g/mol. The van der Waals surface area contributed by atoms with E-state index in [-0.39, 0.29) is 11.7 Å². The van der Waals surface area contributed by atoms with E-state index in [0.717, 1.165) is 27.9 Å². The Morgan fingerprint density at radius 2 is 1.42 bits per heavy atom. The molecule has 1 spiro atoms. The van der Waals surface area contributed by atoms with Crippen LogP contribution in [0.4, 0.5) is 5.69 Å². The van der Waals surface area contributed by atoms with Crippen LogP contribution < -0.4 is 4.90 Å². The zero-order valence-electron chi connectivity index (χ0n) is 20.1. The Bertz CT molecular complexity index is 1510. The van der Waals surface area contributed by atoms with Gasteiger partial charge < -0.3 is 9.64 Å². The van der Waals surface area contributed by atoms with Crippen LogP contribution in [-0.2, 0) is 15.1 Å². The number of para-hydroxylation sites is 1. The lowest BCUT2D eigenvalue weighted by atomic mass is 9.73. The number of fused-ring (bicyclic) bond motifs is 2. The predicted molar refractivity (Wildman–Crippen MR) is 141 cm³/mol. The summed E-state index contributed by atoms with van der Waals surface area (Å²) < 4.78 is 6.83. The van der Waals surface area contributed by atoms with Crippen molar-refractivity contribution in [3.05, 3.63) is 143 Å². The van der Waals surface area contributed by atoms with Crippen molar-refractivity contribution in [3.63, 3.8) is 0 Å². The van der Waals surface area contributed by atoms with Gasteiger partial charge in [-0.3, -0.25) is 9.59 Å². The first-order valence-electron chi connectivity index (χ1n) is 12.0. The van der Waals surface area contributed by atoms with Crippen LogP contribution in [0.15, 0.2) is 115 Å². The van der Waals surface area contributed by atoms with Crippen LogP contribution in [0.1, 0.15) is 38.5 Å². The van der Waals surface area contributed by atoms with Crippen LogP contribution in [0.3, 0.4) is 0 Å². The Kier molecular flexibility index (Phi) is 5.11. The van der Waals surface area contributed by atoms with Crippen LogP contribution in [0.5, 0.6) is 0 Å². The van der Waals surface area contributed by atoms with Gasteiger partial charge in [0.05, 0.1) is 17.2 Å². The van der Waals surface area contributed by atoms with Crippen molar-refractivity contribution in [3.8, 4) is 0 Å². The maximum absolute atomic E-state index is 14.3. The molecule has 0 aliphatic carbocycles. The molecule has 0 fully saturated rings. The molecule has 0 N–H and O–H groups in total. The van der Waals surface area contributed by atoms with E-state index < -0.39 is 11.5 Å². The zero-order chi connectivity index (χ0) is 24.9. The van der Waals surface area contributed by atoms with Gasteiger partial charge in [-0.15, -0.1) is 0 Å². The molecule has 2 aliphatic heterocycles. The summed E-state index contributed by atoms with van der Waals surface area (Å²) in [7, 11) is 1.77. The summed E-state index contributed by atoms with van der Waals surface area (Å²) in [4.78, 5) is 30.1. The number of hydrogen-bond acceptors (Lipinski definition) is 3. The van der Waals surface area contributed by atoms with Gasteiger partial charge >= 0.3 is 0 Å². The minimum absolute atomic E-state index is 0.142. The summed E-state index contributed by atoms with van der Waals surface area (Å²) in [5, 5.41) is 0. The second-order valence-electron chi connectivity index (χ2n) is 9.37. The van der Waals surface area contributed by atoms with E-state index in [0.29, 0.717) is 16.9 Å². The van der Waals surface area contributed by atoms with Crippen LogP contribution in [0, 0.1) is 6.92 Å². The number of nitrogens with zero attached hydrogens (tertiary/aromatic N) is 1. The van der Waals surface area contributed by atoms with Gasteiger partial charge in [0, 0.05) is 23.7 Å². The highest BCUT2D eigenvalue weighted by atomic mass is 16.5. The lowest BCUT2D eigenvalue weighted by Gasteiger charge is -2.31. The quantitative estimate of drug-likeness (QED) is 0.329. The number of rotatable bonds is 4. The average molecular weight is 472 g/mol. The molecule has 2 aliphatic rings. The first kappa shape index (κ1) is 22.1. The standard InChI is InChI=1S/C32H25NO3/c1-21-17-19-22(20-18-21)28-27(29(34)23-11-5-3-6-12-23)30(24-13-7-4-8-14-24)36-32(28)25-15-9-10-16-26(25)33(2)31(32)35/h3-20,28H,1-2H3. The molecule has 1 amide bonds. The van der Waals surface area contributed by atoms with Gasteiger partial charge in [0.15, 0.2) is 5.78 Å². The smallest absolute Gasteiger partial charge is 0.276 e. The van der Waals surface area contributed by atoms with Crippen molar-refractivity contribution in [1.82, 2.24) is 0 Å². The molecule has 4 aromatic carbocycles. The normalized spacial score (nSPS) is 20.6. The number of hydrogen-bond donors (Lipinski definition) is 0. The van der Waals surface area contributed by atoms with E-state index in [1.165, 1.54) is 0 Å². The lowest BCUT2D eigenvalue weighted by Crippen LogP contribution is -2.43. The average Bonchev–Trinajstić information content (AvgIpc) is 3.39. The summed E-state index contributed by atoms with van der Waals surface area (Å²) in [6, 6.07) is 34.6. The number of carbonyl (C=O) groups is 2. The molecular formula is C32H25NO3. The third kappa shape index (κ3) is 3.14. The number of carbonyl (C=O) groups excluding carboxylic acids is 2. The number of anilines is 1. The summed E-state index contributed by atoms with van der Waals surface area (Å²) >= 11 is 0. The topological polar surface area (TPSA) is 46.6 Å². The molecule has 0 radical (unpaired) electrons. The lowest BCUT2D eigenvalue weighted by molar-refractivity contribution is -0.135. The number of Topliss-reactive ketones (excluding diaryl/α,β-unsaturated/α-hetero) is 1. The monoisotopic (exact) mass is 471 g/mol. The number of likely N-dealkylation sites (N-methyl/N-ethyl adjacent to an activating group) is 1. The Morgan fingerprint density at radius 1 is 0.806 bits per heavy atom. The van der Waals surface area contributed by atoms with E-state index in [1.807, 2.05) is 116 Å². The van der Waals surface area contributed by atoms with Gasteiger partial charge in [-0.25, -0.2) is 0 Å². The van der Waals surface area contributed by atoms with E-state index in [4.69, 9.17) is 4.74 Å².